The molecule has 0 saturated heterocycles. The number of ether oxygens (including phenoxy) is 3. The van der Waals surface area contributed by atoms with Gasteiger partial charge in [-0.3, -0.25) is 4.79 Å². The van der Waals surface area contributed by atoms with Crippen molar-refractivity contribution in [3.63, 3.8) is 0 Å². The summed E-state index contributed by atoms with van der Waals surface area (Å²) in [6.07, 6.45) is 3.42. The van der Waals surface area contributed by atoms with Gasteiger partial charge in [-0.15, -0.1) is 0 Å². The maximum atomic E-state index is 13.7. The fourth-order valence-electron chi connectivity index (χ4n) is 5.67. The molecule has 5 aromatic carbocycles. The minimum absolute atomic E-state index is 0.441. The topological polar surface area (TPSA) is 86.8 Å². The molecule has 7 nitrogen and oxygen atoms in total. The lowest BCUT2D eigenvalue weighted by molar-refractivity contribution is -0.119. The van der Waals surface area contributed by atoms with E-state index in [9.17, 15) is 9.59 Å². The van der Waals surface area contributed by atoms with E-state index >= 15 is 0 Å². The minimum atomic E-state index is -0.566. The second kappa shape index (κ2) is 13.4. The van der Waals surface area contributed by atoms with Gasteiger partial charge in [0.15, 0.2) is 12.4 Å². The van der Waals surface area contributed by atoms with Crippen molar-refractivity contribution in [3.8, 4) is 23.0 Å². The van der Waals surface area contributed by atoms with E-state index in [2.05, 4.69) is 11.4 Å². The molecule has 1 N–H and O–H groups in total. The second-order valence-electron chi connectivity index (χ2n) is 11.0. The van der Waals surface area contributed by atoms with Crippen molar-refractivity contribution in [2.75, 3.05) is 11.9 Å². The largest absolute Gasteiger partial charge is 0.457 e. The maximum Gasteiger partial charge on any atom is 0.339 e. The first-order chi connectivity index (χ1) is 23.1. The molecular weight excluding hydrogens is 588 g/mol. The number of nitrogens with one attached hydrogen (secondary N) is 1. The quantitative estimate of drug-likeness (QED) is 0.163. The molecule has 1 aliphatic rings. The van der Waals surface area contributed by atoms with E-state index in [0.29, 0.717) is 46.5 Å². The summed E-state index contributed by atoms with van der Waals surface area (Å²) in [5, 5.41) is 3.50. The van der Waals surface area contributed by atoms with Crippen molar-refractivity contribution >= 4 is 40.1 Å². The molecule has 0 atom stereocenters. The molecule has 0 bridgehead atoms. The Morgan fingerprint density at radius 1 is 0.702 bits per heavy atom. The molecule has 7 rings (SSSR count). The minimum Gasteiger partial charge on any atom is -0.457 e. The second-order valence-corrected chi connectivity index (χ2v) is 11.0. The number of fused-ring (bicyclic) bond motifs is 2. The molecule has 0 spiro atoms. The Kier molecular flexibility index (Phi) is 8.42. The Morgan fingerprint density at radius 2 is 1.38 bits per heavy atom. The lowest BCUT2D eigenvalue weighted by Crippen LogP contribution is -2.22. The zero-order chi connectivity index (χ0) is 32.0. The molecule has 0 aliphatic heterocycles. The first kappa shape index (κ1) is 29.5. The van der Waals surface area contributed by atoms with Crippen LogP contribution in [-0.4, -0.2) is 23.5 Å². The van der Waals surface area contributed by atoms with Gasteiger partial charge in [0.1, 0.15) is 17.2 Å². The molecule has 0 fully saturated rings. The van der Waals surface area contributed by atoms with Gasteiger partial charge in [-0.05, 0) is 90.2 Å². The summed E-state index contributed by atoms with van der Waals surface area (Å²) in [6, 6.07) is 41.4. The van der Waals surface area contributed by atoms with Crippen LogP contribution in [0.4, 0.5) is 5.69 Å². The molecule has 0 unspecified atom stereocenters. The van der Waals surface area contributed by atoms with Gasteiger partial charge in [0.05, 0.1) is 22.5 Å². The molecule has 1 amide bonds. The van der Waals surface area contributed by atoms with E-state index in [1.165, 1.54) is 0 Å². The van der Waals surface area contributed by atoms with Gasteiger partial charge in [0, 0.05) is 5.39 Å². The van der Waals surface area contributed by atoms with E-state index in [-0.39, 0.29) is 0 Å². The highest BCUT2D eigenvalue weighted by Gasteiger charge is 2.28. The number of esters is 1. The molecule has 1 aliphatic carbocycles. The molecule has 1 aromatic heterocycles. The van der Waals surface area contributed by atoms with Crippen molar-refractivity contribution in [1.82, 2.24) is 4.98 Å². The highest BCUT2D eigenvalue weighted by atomic mass is 16.5. The smallest absolute Gasteiger partial charge is 0.339 e. The predicted octanol–water partition coefficient (Wildman–Crippen LogP) is 9.10. The van der Waals surface area contributed by atoms with Gasteiger partial charge in [0.25, 0.3) is 5.91 Å². The molecule has 7 heteroatoms. The third kappa shape index (κ3) is 6.74. The number of pyridine rings is 1. The van der Waals surface area contributed by atoms with Crippen LogP contribution in [0.2, 0.25) is 0 Å². The van der Waals surface area contributed by atoms with Gasteiger partial charge in [0.2, 0.25) is 0 Å². The summed E-state index contributed by atoms with van der Waals surface area (Å²) >= 11 is 0. The third-order valence-electron chi connectivity index (χ3n) is 7.79. The average molecular weight is 619 g/mol. The predicted molar refractivity (Wildman–Crippen MR) is 183 cm³/mol. The number of amides is 1. The zero-order valence-corrected chi connectivity index (χ0v) is 25.4. The molecule has 47 heavy (non-hydrogen) atoms. The fraction of sp³-hybridized carbons (Fsp3) is 0.0750. The summed E-state index contributed by atoms with van der Waals surface area (Å²) in [5.41, 5.74) is 5.16. The number of para-hydroxylation sites is 5. The fourth-order valence-corrected chi connectivity index (χ4v) is 5.67. The van der Waals surface area contributed by atoms with E-state index in [4.69, 9.17) is 19.2 Å². The van der Waals surface area contributed by atoms with Crippen LogP contribution in [0, 0.1) is 0 Å². The van der Waals surface area contributed by atoms with Gasteiger partial charge in [-0.1, -0.05) is 78.9 Å². The van der Waals surface area contributed by atoms with Crippen LogP contribution in [0.3, 0.4) is 0 Å². The van der Waals surface area contributed by atoms with Gasteiger partial charge in [-0.25, -0.2) is 9.78 Å². The van der Waals surface area contributed by atoms with Crippen LogP contribution in [0.1, 0.15) is 33.6 Å². The highest BCUT2D eigenvalue weighted by molar-refractivity contribution is 6.08. The van der Waals surface area contributed by atoms with E-state index in [0.717, 1.165) is 33.9 Å². The first-order valence-corrected chi connectivity index (χ1v) is 15.4. The summed E-state index contributed by atoms with van der Waals surface area (Å²) in [5.74, 6) is 1.57. The first-order valence-electron chi connectivity index (χ1n) is 15.4. The van der Waals surface area contributed by atoms with E-state index < -0.39 is 18.5 Å². The van der Waals surface area contributed by atoms with Crippen LogP contribution in [0.15, 0.2) is 133 Å². The van der Waals surface area contributed by atoms with Crippen LogP contribution in [0.5, 0.6) is 23.0 Å². The van der Waals surface area contributed by atoms with Crippen molar-refractivity contribution in [1.29, 1.82) is 0 Å². The standard InChI is InChI=1S/C40H30N2O5/c43-37(41-35-20-9-10-21-36(35)47-30-15-5-2-6-16-30)26-45-40(44)38-32-18-7-8-19-34(32)42-39-28(22-23-33(38)39)24-27-12-11-17-31(25-27)46-29-13-3-1-4-14-29/h1-21,24-25H,22-23,26H2,(H,41,43)/b28-24+. The van der Waals surface area contributed by atoms with Gasteiger partial charge < -0.3 is 19.5 Å². The van der Waals surface area contributed by atoms with Gasteiger partial charge >= 0.3 is 5.97 Å². The van der Waals surface area contributed by atoms with Crippen LogP contribution < -0.4 is 14.8 Å². The van der Waals surface area contributed by atoms with Crippen molar-refractivity contribution in [2.24, 2.45) is 0 Å². The summed E-state index contributed by atoms with van der Waals surface area (Å²) in [7, 11) is 0. The monoisotopic (exact) mass is 618 g/mol. The van der Waals surface area contributed by atoms with Crippen molar-refractivity contribution in [2.45, 2.75) is 12.8 Å². The average Bonchev–Trinajstić information content (AvgIpc) is 3.49. The summed E-state index contributed by atoms with van der Waals surface area (Å²) in [4.78, 5) is 31.6. The Bertz CT molecular complexity index is 2110. The number of rotatable bonds is 9. The molecule has 6 aromatic rings. The Balaban J connectivity index is 1.11. The van der Waals surface area contributed by atoms with Crippen LogP contribution in [0.25, 0.3) is 22.6 Å². The Morgan fingerprint density at radius 3 is 2.19 bits per heavy atom. The van der Waals surface area contributed by atoms with Crippen LogP contribution >= 0.6 is 0 Å². The lowest BCUT2D eigenvalue weighted by Gasteiger charge is -2.14. The number of carbonyl (C=O) groups is 2. The molecule has 230 valence electrons. The number of allylic oxidation sites excluding steroid dienone is 1. The number of anilines is 1. The summed E-state index contributed by atoms with van der Waals surface area (Å²) in [6.45, 7) is -0.458. The number of carbonyl (C=O) groups excluding carboxylic acids is 2. The van der Waals surface area contributed by atoms with Gasteiger partial charge in [-0.2, -0.15) is 0 Å². The van der Waals surface area contributed by atoms with E-state index in [1.54, 1.807) is 18.2 Å². The number of hydrogen-bond donors (Lipinski definition) is 1. The Labute approximate surface area is 272 Å². The van der Waals surface area contributed by atoms with Crippen molar-refractivity contribution in [3.05, 3.63) is 156 Å². The lowest BCUT2D eigenvalue weighted by atomic mass is 10.0. The number of nitrogens with zero attached hydrogens (tertiary/aromatic N) is 1. The maximum absolute atomic E-state index is 13.7. The summed E-state index contributed by atoms with van der Waals surface area (Å²) < 4.78 is 17.6. The van der Waals surface area contributed by atoms with Crippen LogP contribution in [-0.2, 0) is 16.0 Å². The number of aromatic nitrogens is 1. The van der Waals surface area contributed by atoms with E-state index in [1.807, 2.05) is 115 Å². The number of hydrogen-bond acceptors (Lipinski definition) is 6. The number of benzene rings is 5. The third-order valence-corrected chi connectivity index (χ3v) is 7.79. The Hall–Kier alpha value is -6.21. The zero-order valence-electron chi connectivity index (χ0n) is 25.4. The molecular formula is C40H30N2O5. The molecule has 0 saturated carbocycles. The molecule has 0 radical (unpaired) electrons. The molecule has 1 heterocycles. The highest BCUT2D eigenvalue weighted by Crippen LogP contribution is 2.38. The SMILES string of the molecule is O=C(COC(=O)c1c2c(nc3ccccc13)/C(=C/c1cccc(Oc3ccccc3)c1)CC2)Nc1ccccc1Oc1ccccc1. The normalized spacial score (nSPS) is 12.8. The van der Waals surface area contributed by atoms with Crippen molar-refractivity contribution < 1.29 is 23.8 Å².